The Morgan fingerprint density at radius 2 is 2.08 bits per heavy atom. The van der Waals surface area contributed by atoms with E-state index in [1.54, 1.807) is 0 Å². The summed E-state index contributed by atoms with van der Waals surface area (Å²) in [5.74, 6) is -0.911. The van der Waals surface area contributed by atoms with Crippen LogP contribution in [0.3, 0.4) is 0 Å². The number of nitrogens with two attached hydrogens (primary N) is 1. The summed E-state index contributed by atoms with van der Waals surface area (Å²) in [5, 5.41) is 8.80. The van der Waals surface area contributed by atoms with E-state index in [9.17, 15) is 4.79 Å². The minimum atomic E-state index is -0.911. The van der Waals surface area contributed by atoms with Crippen LogP contribution in [0.2, 0.25) is 0 Å². The molecule has 0 radical (unpaired) electrons. The second kappa shape index (κ2) is 11.8. The zero-order valence-electron chi connectivity index (χ0n) is 15.2. The summed E-state index contributed by atoms with van der Waals surface area (Å²) in [6, 6.07) is 1.49. The molecule has 0 saturated heterocycles. The van der Waals surface area contributed by atoms with E-state index in [0.29, 0.717) is 6.42 Å². The molecule has 0 amide bonds. The third-order valence-corrected chi connectivity index (χ3v) is 4.19. The molecule has 0 aliphatic carbocycles. The third kappa shape index (κ3) is 7.73. The minimum Gasteiger partial charge on any atom is -0.480 e. The summed E-state index contributed by atoms with van der Waals surface area (Å²) in [4.78, 5) is 10.7. The molecule has 0 spiro atoms. The van der Waals surface area contributed by atoms with Crippen LogP contribution in [0.5, 0.6) is 0 Å². The second-order valence-corrected chi connectivity index (χ2v) is 6.40. The Kier molecular flexibility index (Phi) is 10.0. The SMILES string of the molecule is CCC/C=C\c1c[n+](CCCCC(N)C(=O)O)ccc1CCCC. The molecule has 0 bridgehead atoms. The number of carboxylic acid groups (broad SMARTS) is 1. The molecule has 0 aliphatic rings. The summed E-state index contributed by atoms with van der Waals surface area (Å²) < 4.78 is 2.20. The first-order valence-electron chi connectivity index (χ1n) is 9.25. The first-order valence-corrected chi connectivity index (χ1v) is 9.25. The lowest BCUT2D eigenvalue weighted by Gasteiger charge is -2.07. The van der Waals surface area contributed by atoms with E-state index in [4.69, 9.17) is 10.8 Å². The third-order valence-electron chi connectivity index (χ3n) is 4.19. The topological polar surface area (TPSA) is 67.2 Å². The largest absolute Gasteiger partial charge is 0.480 e. The van der Waals surface area contributed by atoms with Gasteiger partial charge in [-0.1, -0.05) is 38.8 Å². The van der Waals surface area contributed by atoms with Crippen LogP contribution in [0.4, 0.5) is 0 Å². The van der Waals surface area contributed by atoms with Gasteiger partial charge in [0.05, 0.1) is 0 Å². The Morgan fingerprint density at radius 3 is 2.75 bits per heavy atom. The Balaban J connectivity index is 2.64. The molecule has 0 saturated carbocycles. The van der Waals surface area contributed by atoms with Gasteiger partial charge in [0, 0.05) is 18.1 Å². The highest BCUT2D eigenvalue weighted by Crippen LogP contribution is 2.13. The van der Waals surface area contributed by atoms with E-state index in [0.717, 1.165) is 38.6 Å². The van der Waals surface area contributed by atoms with Gasteiger partial charge in [0.25, 0.3) is 0 Å². The number of unbranched alkanes of at least 4 members (excludes halogenated alkanes) is 3. The Bertz CT molecular complexity index is 526. The van der Waals surface area contributed by atoms with E-state index >= 15 is 0 Å². The molecule has 1 aromatic rings. The molecule has 0 fully saturated rings. The van der Waals surface area contributed by atoms with Crippen LogP contribution in [0.1, 0.15) is 69.9 Å². The predicted molar refractivity (Wildman–Crippen MR) is 98.7 cm³/mol. The number of allylic oxidation sites excluding steroid dienone is 1. The maximum Gasteiger partial charge on any atom is 0.320 e. The Labute approximate surface area is 146 Å². The van der Waals surface area contributed by atoms with Gasteiger partial charge in [-0.25, -0.2) is 4.57 Å². The van der Waals surface area contributed by atoms with Gasteiger partial charge >= 0.3 is 5.97 Å². The maximum atomic E-state index is 10.7. The Morgan fingerprint density at radius 1 is 1.29 bits per heavy atom. The first-order chi connectivity index (χ1) is 11.6. The highest BCUT2D eigenvalue weighted by Gasteiger charge is 2.11. The van der Waals surface area contributed by atoms with Crippen LogP contribution in [0.15, 0.2) is 24.5 Å². The zero-order chi connectivity index (χ0) is 17.8. The van der Waals surface area contributed by atoms with Crippen molar-refractivity contribution in [2.45, 2.75) is 77.8 Å². The smallest absolute Gasteiger partial charge is 0.320 e. The number of aryl methyl sites for hydroxylation is 2. The number of aliphatic carboxylic acids is 1. The predicted octanol–water partition coefficient (Wildman–Crippen LogP) is 3.71. The van der Waals surface area contributed by atoms with Crippen molar-refractivity contribution in [3.63, 3.8) is 0 Å². The van der Waals surface area contributed by atoms with Crippen molar-refractivity contribution in [3.8, 4) is 0 Å². The van der Waals surface area contributed by atoms with E-state index in [2.05, 4.69) is 49.0 Å². The number of hydrogen-bond donors (Lipinski definition) is 2. The molecule has 3 N–H and O–H groups in total. The number of carbonyl (C=O) groups is 1. The summed E-state index contributed by atoms with van der Waals surface area (Å²) in [7, 11) is 0. The normalized spacial score (nSPS) is 12.6. The summed E-state index contributed by atoms with van der Waals surface area (Å²) in [6.07, 6.45) is 17.0. The van der Waals surface area contributed by atoms with Gasteiger partial charge in [-0.05, 0) is 37.7 Å². The molecule has 1 atom stereocenters. The molecule has 24 heavy (non-hydrogen) atoms. The molecule has 4 nitrogen and oxygen atoms in total. The van der Waals surface area contributed by atoms with Crippen molar-refractivity contribution >= 4 is 12.0 Å². The quantitative estimate of drug-likeness (QED) is 0.452. The van der Waals surface area contributed by atoms with Crippen LogP contribution in [0, 0.1) is 0 Å². The van der Waals surface area contributed by atoms with Crippen molar-refractivity contribution in [3.05, 3.63) is 35.7 Å². The maximum absolute atomic E-state index is 10.7. The fourth-order valence-corrected chi connectivity index (χ4v) is 2.63. The van der Waals surface area contributed by atoms with E-state index in [1.165, 1.54) is 24.0 Å². The average molecular weight is 333 g/mol. The minimum absolute atomic E-state index is 0.535. The van der Waals surface area contributed by atoms with Crippen LogP contribution in [-0.2, 0) is 17.8 Å². The first kappa shape index (κ1) is 20.4. The molecular formula is C20H33N2O2+. The van der Waals surface area contributed by atoms with E-state index in [-0.39, 0.29) is 0 Å². The van der Waals surface area contributed by atoms with Gasteiger partial charge < -0.3 is 10.8 Å². The highest BCUT2D eigenvalue weighted by molar-refractivity contribution is 5.72. The highest BCUT2D eigenvalue weighted by atomic mass is 16.4. The van der Waals surface area contributed by atoms with Crippen molar-refractivity contribution in [1.82, 2.24) is 0 Å². The van der Waals surface area contributed by atoms with Crippen LogP contribution in [-0.4, -0.2) is 17.1 Å². The van der Waals surface area contributed by atoms with Gasteiger partial charge in [0.2, 0.25) is 0 Å². The second-order valence-electron chi connectivity index (χ2n) is 6.40. The molecule has 1 rings (SSSR count). The summed E-state index contributed by atoms with van der Waals surface area (Å²) in [6.45, 7) is 5.31. The number of hydrogen-bond acceptors (Lipinski definition) is 2. The van der Waals surface area contributed by atoms with Gasteiger partial charge in [-0.2, -0.15) is 0 Å². The fraction of sp³-hybridized carbons (Fsp3) is 0.600. The van der Waals surface area contributed by atoms with Gasteiger partial charge in [0.1, 0.15) is 12.6 Å². The van der Waals surface area contributed by atoms with Crippen molar-refractivity contribution in [2.24, 2.45) is 5.73 Å². The van der Waals surface area contributed by atoms with Crippen LogP contribution < -0.4 is 10.3 Å². The molecule has 1 unspecified atom stereocenters. The Hall–Kier alpha value is -1.68. The van der Waals surface area contributed by atoms with Crippen molar-refractivity contribution in [2.75, 3.05) is 0 Å². The standard InChI is InChI=1S/C20H32N2O2/c1-3-5-7-11-18-16-22(15-13-17(18)10-6-4-2)14-9-8-12-19(21)20(23)24/h7,11,13,15-16,19H,3-6,8-10,12,14,21H2,1-2H3/p+1/b11-7-. The van der Waals surface area contributed by atoms with Gasteiger partial charge in [0.15, 0.2) is 12.4 Å². The van der Waals surface area contributed by atoms with Gasteiger partial charge in [-0.3, -0.25) is 4.79 Å². The molecule has 4 heteroatoms. The van der Waals surface area contributed by atoms with Crippen molar-refractivity contribution < 1.29 is 14.5 Å². The summed E-state index contributed by atoms with van der Waals surface area (Å²) >= 11 is 0. The lowest BCUT2D eigenvalue weighted by molar-refractivity contribution is -0.697. The molecule has 1 aromatic heterocycles. The fourth-order valence-electron chi connectivity index (χ4n) is 2.63. The number of carboxylic acids is 1. The average Bonchev–Trinajstić information content (AvgIpc) is 2.57. The molecule has 1 heterocycles. The molecule has 0 aromatic carbocycles. The summed E-state index contributed by atoms with van der Waals surface area (Å²) in [5.41, 5.74) is 8.26. The monoisotopic (exact) mass is 333 g/mol. The number of pyridine rings is 1. The molecular weight excluding hydrogens is 300 g/mol. The van der Waals surface area contributed by atoms with Crippen molar-refractivity contribution in [1.29, 1.82) is 0 Å². The molecule has 0 aliphatic heterocycles. The number of aromatic nitrogens is 1. The lowest BCUT2D eigenvalue weighted by Crippen LogP contribution is -2.34. The van der Waals surface area contributed by atoms with Crippen LogP contribution >= 0.6 is 0 Å². The van der Waals surface area contributed by atoms with E-state index < -0.39 is 12.0 Å². The zero-order valence-corrected chi connectivity index (χ0v) is 15.2. The number of nitrogens with zero attached hydrogens (tertiary/aromatic N) is 1. The lowest BCUT2D eigenvalue weighted by atomic mass is 10.0. The number of rotatable bonds is 12. The van der Waals surface area contributed by atoms with Gasteiger partial charge in [-0.15, -0.1) is 0 Å². The van der Waals surface area contributed by atoms with E-state index in [1.807, 2.05) is 0 Å². The molecule has 134 valence electrons. The van der Waals surface area contributed by atoms with Crippen LogP contribution in [0.25, 0.3) is 6.08 Å².